The molecule has 0 saturated carbocycles. The molecule has 1 heterocycles. The van der Waals surface area contributed by atoms with Crippen LogP contribution < -0.4 is 10.1 Å². The fourth-order valence-corrected chi connectivity index (χ4v) is 3.29. The highest BCUT2D eigenvalue weighted by Gasteiger charge is 2.23. The third kappa shape index (κ3) is 4.72. The molecule has 0 amide bonds. The van der Waals surface area contributed by atoms with E-state index in [1.807, 2.05) is 0 Å². The maximum atomic E-state index is 5.23. The number of methoxy groups -OCH3 is 1. The van der Waals surface area contributed by atoms with Gasteiger partial charge in [0, 0.05) is 24.7 Å². The molecule has 21 heavy (non-hydrogen) atoms. The molecule has 1 saturated heterocycles. The van der Waals surface area contributed by atoms with Crippen molar-refractivity contribution in [3.8, 4) is 5.75 Å². The second kappa shape index (κ2) is 7.81. The zero-order chi connectivity index (χ0) is 15.2. The number of nitrogens with one attached hydrogen (secondary N) is 1. The van der Waals surface area contributed by atoms with Crippen molar-refractivity contribution in [2.45, 2.75) is 58.2 Å². The Labute approximate surface area is 129 Å². The van der Waals surface area contributed by atoms with Crippen LogP contribution in [-0.4, -0.2) is 43.2 Å². The van der Waals surface area contributed by atoms with Gasteiger partial charge in [0.1, 0.15) is 5.75 Å². The van der Waals surface area contributed by atoms with Gasteiger partial charge in [-0.2, -0.15) is 0 Å². The summed E-state index contributed by atoms with van der Waals surface area (Å²) < 4.78 is 5.23. The molecular weight excluding hydrogens is 260 g/mol. The summed E-state index contributed by atoms with van der Waals surface area (Å²) in [5.74, 6) is 0.933. The SMILES string of the molecule is COc1ccc(CC(C)N(CC2CCCN2)C(C)C)cc1. The highest BCUT2D eigenvalue weighted by Crippen LogP contribution is 2.17. The molecule has 2 atom stereocenters. The van der Waals surface area contributed by atoms with Gasteiger partial charge in [-0.1, -0.05) is 12.1 Å². The van der Waals surface area contributed by atoms with E-state index < -0.39 is 0 Å². The van der Waals surface area contributed by atoms with Crippen LogP contribution in [-0.2, 0) is 6.42 Å². The van der Waals surface area contributed by atoms with E-state index >= 15 is 0 Å². The Bertz CT molecular complexity index is 410. The second-order valence-electron chi connectivity index (χ2n) is 6.49. The molecule has 3 heteroatoms. The van der Waals surface area contributed by atoms with E-state index in [2.05, 4.69) is 55.3 Å². The molecule has 1 fully saturated rings. The molecule has 1 aromatic rings. The first-order valence-electron chi connectivity index (χ1n) is 8.22. The Morgan fingerprint density at radius 3 is 2.48 bits per heavy atom. The lowest BCUT2D eigenvalue weighted by Gasteiger charge is -2.35. The van der Waals surface area contributed by atoms with Crippen LogP contribution in [0.3, 0.4) is 0 Å². The first-order valence-corrected chi connectivity index (χ1v) is 8.22. The number of hydrogen-bond donors (Lipinski definition) is 1. The van der Waals surface area contributed by atoms with Crippen LogP contribution >= 0.6 is 0 Å². The summed E-state index contributed by atoms with van der Waals surface area (Å²) in [6, 6.07) is 10.3. The van der Waals surface area contributed by atoms with Crippen molar-refractivity contribution in [2.24, 2.45) is 0 Å². The van der Waals surface area contributed by atoms with Gasteiger partial charge in [0.2, 0.25) is 0 Å². The number of benzene rings is 1. The number of nitrogens with zero attached hydrogens (tertiary/aromatic N) is 1. The van der Waals surface area contributed by atoms with E-state index in [0.717, 1.165) is 18.7 Å². The van der Waals surface area contributed by atoms with Gasteiger partial charge in [-0.15, -0.1) is 0 Å². The van der Waals surface area contributed by atoms with Gasteiger partial charge >= 0.3 is 0 Å². The fourth-order valence-electron chi connectivity index (χ4n) is 3.29. The Balaban J connectivity index is 1.94. The molecule has 118 valence electrons. The van der Waals surface area contributed by atoms with E-state index in [1.54, 1.807) is 7.11 Å². The summed E-state index contributed by atoms with van der Waals surface area (Å²) in [5, 5.41) is 3.62. The highest BCUT2D eigenvalue weighted by atomic mass is 16.5. The van der Waals surface area contributed by atoms with Gasteiger partial charge in [-0.05, 0) is 64.3 Å². The zero-order valence-electron chi connectivity index (χ0n) is 13.9. The first-order chi connectivity index (χ1) is 10.1. The zero-order valence-corrected chi connectivity index (χ0v) is 13.9. The molecule has 0 radical (unpaired) electrons. The van der Waals surface area contributed by atoms with E-state index in [1.165, 1.54) is 24.9 Å². The van der Waals surface area contributed by atoms with Crippen molar-refractivity contribution < 1.29 is 4.74 Å². The lowest BCUT2D eigenvalue weighted by Crippen LogP contribution is -2.46. The monoisotopic (exact) mass is 290 g/mol. The summed E-state index contributed by atoms with van der Waals surface area (Å²) >= 11 is 0. The van der Waals surface area contributed by atoms with Crippen molar-refractivity contribution in [1.29, 1.82) is 0 Å². The van der Waals surface area contributed by atoms with Crippen molar-refractivity contribution >= 4 is 0 Å². The Kier molecular flexibility index (Phi) is 6.07. The quantitative estimate of drug-likeness (QED) is 0.835. The second-order valence-corrected chi connectivity index (χ2v) is 6.49. The van der Waals surface area contributed by atoms with Crippen LogP contribution in [0.2, 0.25) is 0 Å². The molecule has 3 nitrogen and oxygen atoms in total. The highest BCUT2D eigenvalue weighted by molar-refractivity contribution is 5.27. The molecule has 1 aliphatic rings. The molecule has 0 aliphatic carbocycles. The molecule has 0 spiro atoms. The minimum Gasteiger partial charge on any atom is -0.497 e. The van der Waals surface area contributed by atoms with E-state index in [4.69, 9.17) is 4.74 Å². The fraction of sp³-hybridized carbons (Fsp3) is 0.667. The van der Waals surface area contributed by atoms with Gasteiger partial charge in [0.25, 0.3) is 0 Å². The number of ether oxygens (including phenoxy) is 1. The van der Waals surface area contributed by atoms with E-state index in [9.17, 15) is 0 Å². The molecule has 2 rings (SSSR count). The van der Waals surface area contributed by atoms with Crippen molar-refractivity contribution in [2.75, 3.05) is 20.2 Å². The summed E-state index contributed by atoms with van der Waals surface area (Å²) in [6.07, 6.45) is 3.73. The molecule has 0 bridgehead atoms. The first kappa shape index (κ1) is 16.3. The lowest BCUT2D eigenvalue weighted by atomic mass is 10.0. The molecular formula is C18H30N2O. The minimum atomic E-state index is 0.556. The number of rotatable bonds is 7. The predicted molar refractivity (Wildman–Crippen MR) is 89.0 cm³/mol. The van der Waals surface area contributed by atoms with Crippen molar-refractivity contribution in [3.63, 3.8) is 0 Å². The largest absolute Gasteiger partial charge is 0.497 e. The van der Waals surface area contributed by atoms with Crippen LogP contribution in [0.15, 0.2) is 24.3 Å². The predicted octanol–water partition coefficient (Wildman–Crippen LogP) is 3.09. The van der Waals surface area contributed by atoms with E-state index in [-0.39, 0.29) is 0 Å². The molecule has 1 N–H and O–H groups in total. The van der Waals surface area contributed by atoms with Gasteiger partial charge in [-0.3, -0.25) is 4.90 Å². The maximum Gasteiger partial charge on any atom is 0.118 e. The Hall–Kier alpha value is -1.06. The third-order valence-corrected chi connectivity index (χ3v) is 4.51. The maximum absolute atomic E-state index is 5.23. The molecule has 2 unspecified atom stereocenters. The minimum absolute atomic E-state index is 0.556. The Morgan fingerprint density at radius 1 is 1.24 bits per heavy atom. The summed E-state index contributed by atoms with van der Waals surface area (Å²) in [4.78, 5) is 2.63. The average Bonchev–Trinajstić information content (AvgIpc) is 2.98. The van der Waals surface area contributed by atoms with Gasteiger partial charge < -0.3 is 10.1 Å². The van der Waals surface area contributed by atoms with Gasteiger partial charge in [-0.25, -0.2) is 0 Å². The van der Waals surface area contributed by atoms with Crippen LogP contribution in [0.25, 0.3) is 0 Å². The van der Waals surface area contributed by atoms with Crippen LogP contribution in [0.1, 0.15) is 39.2 Å². The van der Waals surface area contributed by atoms with Crippen LogP contribution in [0, 0.1) is 0 Å². The van der Waals surface area contributed by atoms with Gasteiger partial charge in [0.15, 0.2) is 0 Å². The average molecular weight is 290 g/mol. The number of hydrogen-bond acceptors (Lipinski definition) is 3. The molecule has 0 aromatic heterocycles. The lowest BCUT2D eigenvalue weighted by molar-refractivity contribution is 0.148. The molecule has 1 aromatic carbocycles. The van der Waals surface area contributed by atoms with Crippen LogP contribution in [0.5, 0.6) is 5.75 Å². The topological polar surface area (TPSA) is 24.5 Å². The van der Waals surface area contributed by atoms with Gasteiger partial charge in [0.05, 0.1) is 7.11 Å². The summed E-state index contributed by atoms with van der Waals surface area (Å²) in [5.41, 5.74) is 1.38. The van der Waals surface area contributed by atoms with Crippen LogP contribution in [0.4, 0.5) is 0 Å². The standard InChI is InChI=1S/C18H30N2O/c1-14(2)20(13-17-6-5-11-19-17)15(3)12-16-7-9-18(21-4)10-8-16/h7-10,14-15,17,19H,5-6,11-13H2,1-4H3. The molecule has 1 aliphatic heterocycles. The smallest absolute Gasteiger partial charge is 0.118 e. The normalized spacial score (nSPS) is 20.2. The van der Waals surface area contributed by atoms with Crippen molar-refractivity contribution in [1.82, 2.24) is 10.2 Å². The van der Waals surface area contributed by atoms with E-state index in [0.29, 0.717) is 18.1 Å². The third-order valence-electron chi connectivity index (χ3n) is 4.51. The van der Waals surface area contributed by atoms with Crippen molar-refractivity contribution in [3.05, 3.63) is 29.8 Å². The Morgan fingerprint density at radius 2 is 1.95 bits per heavy atom. The summed E-state index contributed by atoms with van der Waals surface area (Å²) in [7, 11) is 1.72. The summed E-state index contributed by atoms with van der Waals surface area (Å²) in [6.45, 7) is 9.30.